The van der Waals surface area contributed by atoms with Crippen LogP contribution in [0.4, 0.5) is 5.69 Å². The minimum absolute atomic E-state index is 0.0836. The van der Waals surface area contributed by atoms with E-state index in [9.17, 15) is 4.79 Å². The molecular weight excluding hydrogens is 330 g/mol. The molecule has 1 aromatic heterocycles. The number of aromatic nitrogens is 2. The van der Waals surface area contributed by atoms with Gasteiger partial charge in [-0.15, -0.1) is 0 Å². The normalized spacial score (nSPS) is 18.9. The number of imidazole rings is 1. The molecule has 3 aromatic rings. The van der Waals surface area contributed by atoms with Gasteiger partial charge in [-0.1, -0.05) is 12.1 Å². The molecule has 0 aliphatic carbocycles. The summed E-state index contributed by atoms with van der Waals surface area (Å²) in [6.45, 7) is 3.81. The Morgan fingerprint density at radius 2 is 2.00 bits per heavy atom. The number of hydrogen-bond acceptors (Lipinski definition) is 4. The molecule has 3 heterocycles. The first-order chi connectivity index (χ1) is 12.7. The highest BCUT2D eigenvalue weighted by Crippen LogP contribution is 2.39. The Morgan fingerprint density at radius 1 is 1.15 bits per heavy atom. The van der Waals surface area contributed by atoms with Crippen molar-refractivity contribution in [2.45, 2.75) is 25.8 Å². The Kier molecular flexibility index (Phi) is 3.38. The van der Waals surface area contributed by atoms with Crippen LogP contribution in [0.1, 0.15) is 25.1 Å². The van der Waals surface area contributed by atoms with Crippen LogP contribution in [0.2, 0.25) is 0 Å². The minimum Gasteiger partial charge on any atom is -0.454 e. The number of benzene rings is 2. The number of fused-ring (bicyclic) bond motifs is 2. The molecule has 0 radical (unpaired) electrons. The smallest absolute Gasteiger partial charge is 0.231 e. The molecule has 1 fully saturated rings. The number of para-hydroxylation sites is 2. The fourth-order valence-electron chi connectivity index (χ4n) is 3.92. The van der Waals surface area contributed by atoms with Gasteiger partial charge in [-0.25, -0.2) is 4.98 Å². The van der Waals surface area contributed by atoms with Crippen LogP contribution in [0.15, 0.2) is 42.5 Å². The Bertz CT molecular complexity index is 1010. The van der Waals surface area contributed by atoms with Crippen molar-refractivity contribution in [3.8, 4) is 11.5 Å². The largest absolute Gasteiger partial charge is 0.454 e. The number of amides is 1. The third kappa shape index (κ3) is 2.25. The topological polar surface area (TPSA) is 56.6 Å². The van der Waals surface area contributed by atoms with Gasteiger partial charge >= 0.3 is 0 Å². The molecule has 6 heteroatoms. The van der Waals surface area contributed by atoms with Gasteiger partial charge in [0.15, 0.2) is 11.5 Å². The molecule has 2 aromatic carbocycles. The van der Waals surface area contributed by atoms with Crippen molar-refractivity contribution in [2.75, 3.05) is 18.2 Å². The lowest BCUT2D eigenvalue weighted by molar-refractivity contribution is -0.117. The summed E-state index contributed by atoms with van der Waals surface area (Å²) in [5.74, 6) is 2.61. The number of carbonyl (C=O) groups excluding carboxylic acids is 1. The second-order valence-electron chi connectivity index (χ2n) is 6.65. The first kappa shape index (κ1) is 15.3. The van der Waals surface area contributed by atoms with Crippen molar-refractivity contribution < 1.29 is 14.3 Å². The molecular formula is C20H19N3O3. The highest BCUT2D eigenvalue weighted by atomic mass is 16.7. The molecule has 1 amide bonds. The predicted octanol–water partition coefficient (Wildman–Crippen LogP) is 3.31. The average Bonchev–Trinajstić information content (AvgIpc) is 3.36. The van der Waals surface area contributed by atoms with Gasteiger partial charge in [0, 0.05) is 37.2 Å². The maximum Gasteiger partial charge on any atom is 0.231 e. The number of rotatable bonds is 3. The minimum atomic E-state index is 0.0836. The van der Waals surface area contributed by atoms with E-state index in [0.29, 0.717) is 18.7 Å². The van der Waals surface area contributed by atoms with Crippen LogP contribution in [0.3, 0.4) is 0 Å². The Labute approximate surface area is 151 Å². The van der Waals surface area contributed by atoms with Gasteiger partial charge in [-0.3, -0.25) is 4.79 Å². The van der Waals surface area contributed by atoms with E-state index < -0.39 is 0 Å². The number of nitrogens with zero attached hydrogens (tertiary/aromatic N) is 3. The summed E-state index contributed by atoms with van der Waals surface area (Å²) in [6.07, 6.45) is 0.470. The molecule has 5 rings (SSSR count). The SMILES string of the molecule is CCn1c(C2CC(=O)N(c3ccc4c(c3)OCO4)C2)nc2ccccc21. The van der Waals surface area contributed by atoms with Crippen LogP contribution in [-0.2, 0) is 11.3 Å². The van der Waals surface area contributed by atoms with Gasteiger partial charge in [-0.05, 0) is 31.2 Å². The van der Waals surface area contributed by atoms with Crippen LogP contribution in [-0.4, -0.2) is 28.8 Å². The van der Waals surface area contributed by atoms with E-state index in [2.05, 4.69) is 17.6 Å². The molecule has 1 saturated heterocycles. The first-order valence-electron chi connectivity index (χ1n) is 8.90. The van der Waals surface area contributed by atoms with Crippen molar-refractivity contribution in [3.63, 3.8) is 0 Å². The van der Waals surface area contributed by atoms with Gasteiger partial charge in [0.1, 0.15) is 5.82 Å². The van der Waals surface area contributed by atoms with E-state index in [1.165, 1.54) is 0 Å². The van der Waals surface area contributed by atoms with Gasteiger partial charge in [-0.2, -0.15) is 0 Å². The zero-order chi connectivity index (χ0) is 17.7. The molecule has 0 saturated carbocycles. The van der Waals surface area contributed by atoms with Gasteiger partial charge in [0.25, 0.3) is 0 Å². The fraction of sp³-hybridized carbons (Fsp3) is 0.300. The summed E-state index contributed by atoms with van der Waals surface area (Å²) < 4.78 is 13.0. The fourth-order valence-corrected chi connectivity index (χ4v) is 3.92. The summed E-state index contributed by atoms with van der Waals surface area (Å²) in [5.41, 5.74) is 2.96. The highest BCUT2D eigenvalue weighted by molar-refractivity contribution is 5.96. The van der Waals surface area contributed by atoms with E-state index in [-0.39, 0.29) is 18.6 Å². The Balaban J connectivity index is 1.49. The maximum absolute atomic E-state index is 12.7. The summed E-state index contributed by atoms with van der Waals surface area (Å²) in [6, 6.07) is 13.8. The lowest BCUT2D eigenvalue weighted by Crippen LogP contribution is -2.24. The number of carbonyl (C=O) groups is 1. The molecule has 6 nitrogen and oxygen atoms in total. The molecule has 0 bridgehead atoms. The first-order valence-corrected chi connectivity index (χ1v) is 8.90. The van der Waals surface area contributed by atoms with Crippen LogP contribution < -0.4 is 14.4 Å². The Morgan fingerprint density at radius 3 is 2.88 bits per heavy atom. The quantitative estimate of drug-likeness (QED) is 0.728. The van der Waals surface area contributed by atoms with Gasteiger partial charge in [0.05, 0.1) is 11.0 Å². The summed E-state index contributed by atoms with van der Waals surface area (Å²) in [5, 5.41) is 0. The number of anilines is 1. The second-order valence-corrected chi connectivity index (χ2v) is 6.65. The number of aryl methyl sites for hydroxylation is 1. The third-order valence-electron chi connectivity index (χ3n) is 5.16. The lowest BCUT2D eigenvalue weighted by atomic mass is 10.1. The van der Waals surface area contributed by atoms with Crippen LogP contribution in [0.25, 0.3) is 11.0 Å². The van der Waals surface area contributed by atoms with E-state index >= 15 is 0 Å². The summed E-state index contributed by atoms with van der Waals surface area (Å²) in [4.78, 5) is 19.3. The highest BCUT2D eigenvalue weighted by Gasteiger charge is 2.35. The molecule has 2 aliphatic heterocycles. The average molecular weight is 349 g/mol. The molecule has 132 valence electrons. The van der Waals surface area contributed by atoms with E-state index in [1.54, 1.807) is 0 Å². The molecule has 26 heavy (non-hydrogen) atoms. The molecule has 0 spiro atoms. The lowest BCUT2D eigenvalue weighted by Gasteiger charge is -2.17. The standard InChI is InChI=1S/C20H19N3O3/c1-2-22-16-6-4-3-5-15(16)21-20(22)13-9-19(24)23(11-13)14-7-8-17-18(10-14)26-12-25-17/h3-8,10,13H,2,9,11-12H2,1H3. The molecule has 0 N–H and O–H groups in total. The number of hydrogen-bond donors (Lipinski definition) is 0. The third-order valence-corrected chi connectivity index (χ3v) is 5.16. The summed E-state index contributed by atoms with van der Waals surface area (Å²) >= 11 is 0. The predicted molar refractivity (Wildman–Crippen MR) is 97.7 cm³/mol. The van der Waals surface area contributed by atoms with Crippen molar-refractivity contribution in [2.24, 2.45) is 0 Å². The monoisotopic (exact) mass is 349 g/mol. The van der Waals surface area contributed by atoms with E-state index in [0.717, 1.165) is 34.8 Å². The van der Waals surface area contributed by atoms with Crippen molar-refractivity contribution in [1.29, 1.82) is 0 Å². The molecule has 2 aliphatic rings. The van der Waals surface area contributed by atoms with Crippen LogP contribution in [0, 0.1) is 0 Å². The number of ether oxygens (including phenoxy) is 2. The van der Waals surface area contributed by atoms with Gasteiger partial charge < -0.3 is 18.9 Å². The molecule has 1 atom stereocenters. The van der Waals surface area contributed by atoms with E-state index in [4.69, 9.17) is 14.5 Å². The molecule has 1 unspecified atom stereocenters. The van der Waals surface area contributed by atoms with Crippen LogP contribution in [0.5, 0.6) is 11.5 Å². The zero-order valence-corrected chi connectivity index (χ0v) is 14.5. The van der Waals surface area contributed by atoms with Crippen molar-refractivity contribution in [1.82, 2.24) is 9.55 Å². The van der Waals surface area contributed by atoms with Gasteiger partial charge in [0.2, 0.25) is 12.7 Å². The Hall–Kier alpha value is -3.02. The maximum atomic E-state index is 12.7. The van der Waals surface area contributed by atoms with Crippen molar-refractivity contribution in [3.05, 3.63) is 48.3 Å². The summed E-state index contributed by atoms with van der Waals surface area (Å²) in [7, 11) is 0. The van der Waals surface area contributed by atoms with Crippen molar-refractivity contribution >= 4 is 22.6 Å². The van der Waals surface area contributed by atoms with Crippen LogP contribution >= 0.6 is 0 Å². The zero-order valence-electron chi connectivity index (χ0n) is 14.5. The second kappa shape index (κ2) is 5.76. The van der Waals surface area contributed by atoms with E-state index in [1.807, 2.05) is 41.3 Å².